The first-order valence-electron chi connectivity index (χ1n) is 5.26. The van der Waals surface area contributed by atoms with Crippen LogP contribution in [0, 0.1) is 5.82 Å². The predicted molar refractivity (Wildman–Crippen MR) is 69.4 cm³/mol. The number of hydrogen-bond donors (Lipinski definition) is 1. The van der Waals surface area contributed by atoms with Crippen molar-refractivity contribution in [2.45, 2.75) is 0 Å². The summed E-state index contributed by atoms with van der Waals surface area (Å²) in [7, 11) is 2.76. The monoisotopic (exact) mass is 284 g/mol. The van der Waals surface area contributed by atoms with E-state index in [0.29, 0.717) is 5.69 Å². The van der Waals surface area contributed by atoms with Crippen molar-refractivity contribution in [3.05, 3.63) is 49.9 Å². The van der Waals surface area contributed by atoms with Crippen LogP contribution in [0.2, 0.25) is 5.02 Å². The number of rotatable bonds is 2. The second-order valence-corrected chi connectivity index (χ2v) is 4.28. The van der Waals surface area contributed by atoms with Gasteiger partial charge >= 0.3 is 5.69 Å². The summed E-state index contributed by atoms with van der Waals surface area (Å²) >= 11 is 5.63. The van der Waals surface area contributed by atoms with E-state index in [1.54, 1.807) is 0 Å². The van der Waals surface area contributed by atoms with E-state index in [4.69, 9.17) is 11.6 Å². The molecule has 0 radical (unpaired) electrons. The molecular weight excluding hydrogens is 275 g/mol. The van der Waals surface area contributed by atoms with Crippen molar-refractivity contribution in [1.82, 2.24) is 14.3 Å². The minimum Gasteiger partial charge on any atom is -0.334 e. The summed E-state index contributed by atoms with van der Waals surface area (Å²) in [6.07, 6.45) is 0. The number of benzene rings is 1. The van der Waals surface area contributed by atoms with Crippen LogP contribution in [0.25, 0.3) is 0 Å². The lowest BCUT2D eigenvalue weighted by molar-refractivity contribution is 0.606. The van der Waals surface area contributed by atoms with Gasteiger partial charge in [0.25, 0.3) is 5.56 Å². The van der Waals surface area contributed by atoms with E-state index in [9.17, 15) is 14.0 Å². The van der Waals surface area contributed by atoms with Gasteiger partial charge in [0.2, 0.25) is 5.82 Å². The molecule has 0 saturated heterocycles. The maximum Gasteiger partial charge on any atom is 0.346 e. The Morgan fingerprint density at radius 3 is 2.63 bits per heavy atom. The number of anilines is 2. The van der Waals surface area contributed by atoms with Gasteiger partial charge in [-0.25, -0.2) is 13.9 Å². The van der Waals surface area contributed by atoms with Gasteiger partial charge in [-0.1, -0.05) is 11.6 Å². The summed E-state index contributed by atoms with van der Waals surface area (Å²) in [4.78, 5) is 23.3. The summed E-state index contributed by atoms with van der Waals surface area (Å²) in [5, 5.41) is 6.42. The van der Waals surface area contributed by atoms with E-state index in [-0.39, 0.29) is 10.8 Å². The molecule has 1 N–H and O–H groups in total. The van der Waals surface area contributed by atoms with Crippen LogP contribution in [0.5, 0.6) is 0 Å². The molecule has 8 heteroatoms. The lowest BCUT2D eigenvalue weighted by Gasteiger charge is -2.08. The van der Waals surface area contributed by atoms with Crippen molar-refractivity contribution in [2.75, 3.05) is 5.32 Å². The van der Waals surface area contributed by atoms with Gasteiger partial charge in [0.1, 0.15) is 5.82 Å². The molecule has 0 atom stereocenters. The number of aromatic nitrogens is 3. The minimum atomic E-state index is -0.580. The second-order valence-electron chi connectivity index (χ2n) is 3.87. The molecule has 0 aliphatic carbocycles. The Morgan fingerprint density at radius 1 is 1.32 bits per heavy atom. The highest BCUT2D eigenvalue weighted by molar-refractivity contribution is 6.31. The van der Waals surface area contributed by atoms with Crippen molar-refractivity contribution in [3.63, 3.8) is 0 Å². The van der Waals surface area contributed by atoms with Crippen molar-refractivity contribution >= 4 is 23.1 Å². The third-order valence-electron chi connectivity index (χ3n) is 2.50. The van der Waals surface area contributed by atoms with E-state index in [1.807, 2.05) is 0 Å². The average molecular weight is 285 g/mol. The molecule has 0 aliphatic heterocycles. The topological polar surface area (TPSA) is 68.9 Å². The van der Waals surface area contributed by atoms with Crippen LogP contribution >= 0.6 is 11.6 Å². The number of hydrogen-bond acceptors (Lipinski definition) is 4. The standard InChI is InChI=1S/C11H10ClFN4O2/c1-16-10(18)9(15-17(2)11(16)19)14-6-3-4-8(13)7(12)5-6/h3-5H,1-2H3,(H,14,15). The fourth-order valence-corrected chi connectivity index (χ4v) is 1.67. The molecule has 2 aromatic rings. The van der Waals surface area contributed by atoms with Crippen LogP contribution in [-0.2, 0) is 14.1 Å². The third-order valence-corrected chi connectivity index (χ3v) is 2.79. The Bertz CT molecular complexity index is 753. The summed E-state index contributed by atoms with van der Waals surface area (Å²) in [6.45, 7) is 0. The van der Waals surface area contributed by atoms with E-state index in [0.717, 1.165) is 15.3 Å². The molecule has 0 spiro atoms. The summed E-state index contributed by atoms with van der Waals surface area (Å²) in [6, 6.07) is 3.90. The number of aryl methyl sites for hydroxylation is 1. The van der Waals surface area contributed by atoms with Crippen molar-refractivity contribution in [3.8, 4) is 0 Å². The Kier molecular flexibility index (Phi) is 3.39. The van der Waals surface area contributed by atoms with Crippen LogP contribution in [0.15, 0.2) is 27.8 Å². The van der Waals surface area contributed by atoms with Crippen LogP contribution in [-0.4, -0.2) is 14.3 Å². The SMILES string of the molecule is Cn1nc(Nc2ccc(F)c(Cl)c2)c(=O)n(C)c1=O. The van der Waals surface area contributed by atoms with E-state index < -0.39 is 17.1 Å². The van der Waals surface area contributed by atoms with Gasteiger partial charge in [-0.15, -0.1) is 5.10 Å². The molecule has 1 aromatic heterocycles. The van der Waals surface area contributed by atoms with Crippen LogP contribution < -0.4 is 16.6 Å². The summed E-state index contributed by atoms with van der Waals surface area (Å²) in [5.74, 6) is -0.610. The van der Waals surface area contributed by atoms with E-state index >= 15 is 0 Å². The Balaban J connectivity index is 2.47. The molecule has 0 fully saturated rings. The quantitative estimate of drug-likeness (QED) is 0.894. The molecule has 100 valence electrons. The minimum absolute atomic E-state index is 0.0488. The number of halogens is 2. The van der Waals surface area contributed by atoms with Gasteiger partial charge in [-0.2, -0.15) is 0 Å². The first-order valence-corrected chi connectivity index (χ1v) is 5.64. The zero-order valence-corrected chi connectivity index (χ0v) is 10.9. The fraction of sp³-hybridized carbons (Fsp3) is 0.182. The molecule has 0 bridgehead atoms. The molecule has 1 aromatic carbocycles. The van der Waals surface area contributed by atoms with Crippen molar-refractivity contribution in [1.29, 1.82) is 0 Å². The zero-order valence-electron chi connectivity index (χ0n) is 10.1. The maximum atomic E-state index is 13.0. The molecule has 0 unspecified atom stereocenters. The fourth-order valence-electron chi connectivity index (χ4n) is 1.49. The van der Waals surface area contributed by atoms with Gasteiger partial charge in [-0.3, -0.25) is 9.36 Å². The van der Waals surface area contributed by atoms with Crippen LogP contribution in [0.4, 0.5) is 15.9 Å². The normalized spacial score (nSPS) is 10.5. The highest BCUT2D eigenvalue weighted by atomic mass is 35.5. The van der Waals surface area contributed by atoms with E-state index in [1.165, 1.54) is 26.2 Å². The zero-order chi connectivity index (χ0) is 14.2. The Hall–Kier alpha value is -2.15. The smallest absolute Gasteiger partial charge is 0.334 e. The second kappa shape index (κ2) is 4.85. The molecule has 0 amide bonds. The number of nitrogens with zero attached hydrogens (tertiary/aromatic N) is 3. The largest absolute Gasteiger partial charge is 0.346 e. The van der Waals surface area contributed by atoms with Gasteiger partial charge in [0.05, 0.1) is 5.02 Å². The first kappa shape index (κ1) is 13.3. The number of nitrogens with one attached hydrogen (secondary N) is 1. The lowest BCUT2D eigenvalue weighted by atomic mass is 10.3. The molecule has 0 saturated carbocycles. The summed E-state index contributed by atoms with van der Waals surface area (Å²) < 4.78 is 15.0. The average Bonchev–Trinajstić information content (AvgIpc) is 2.38. The molecule has 2 rings (SSSR count). The molecule has 1 heterocycles. The third kappa shape index (κ3) is 2.50. The molecule has 6 nitrogen and oxygen atoms in total. The molecular formula is C11H10ClFN4O2. The van der Waals surface area contributed by atoms with Crippen LogP contribution in [0.3, 0.4) is 0 Å². The predicted octanol–water partition coefficient (Wildman–Crippen LogP) is 1.02. The van der Waals surface area contributed by atoms with E-state index in [2.05, 4.69) is 10.4 Å². The van der Waals surface area contributed by atoms with Crippen molar-refractivity contribution < 1.29 is 4.39 Å². The van der Waals surface area contributed by atoms with Gasteiger partial charge in [-0.05, 0) is 18.2 Å². The van der Waals surface area contributed by atoms with Gasteiger partial charge < -0.3 is 5.32 Å². The lowest BCUT2D eigenvalue weighted by Crippen LogP contribution is -2.39. The highest BCUT2D eigenvalue weighted by Crippen LogP contribution is 2.20. The maximum absolute atomic E-state index is 13.0. The van der Waals surface area contributed by atoms with Gasteiger partial charge in [0, 0.05) is 19.8 Å². The first-order chi connectivity index (χ1) is 8.90. The van der Waals surface area contributed by atoms with Crippen LogP contribution in [0.1, 0.15) is 0 Å². The van der Waals surface area contributed by atoms with Gasteiger partial charge in [0.15, 0.2) is 0 Å². The molecule has 19 heavy (non-hydrogen) atoms. The Morgan fingerprint density at radius 2 is 2.00 bits per heavy atom. The summed E-state index contributed by atoms with van der Waals surface area (Å²) in [5.41, 5.74) is -0.717. The molecule has 0 aliphatic rings. The van der Waals surface area contributed by atoms with Crippen molar-refractivity contribution in [2.24, 2.45) is 14.1 Å². The Labute approximate surface area is 112 Å². The highest BCUT2D eigenvalue weighted by Gasteiger charge is 2.09.